The largest absolute Gasteiger partial charge is 0.376 e. The van der Waals surface area contributed by atoms with E-state index in [1.54, 1.807) is 0 Å². The van der Waals surface area contributed by atoms with Crippen molar-refractivity contribution in [1.29, 1.82) is 0 Å². The van der Waals surface area contributed by atoms with E-state index >= 15 is 0 Å². The number of urea groups is 1. The number of carbonyl (C=O) groups excluding carboxylic acids is 1. The van der Waals surface area contributed by atoms with E-state index in [1.807, 2.05) is 0 Å². The number of ether oxygens (including phenoxy) is 2. The second kappa shape index (κ2) is 3.70. The van der Waals surface area contributed by atoms with E-state index in [9.17, 15) is 4.79 Å². The third-order valence-corrected chi connectivity index (χ3v) is 1.74. The lowest BCUT2D eigenvalue weighted by molar-refractivity contribution is -0.0955. The van der Waals surface area contributed by atoms with Gasteiger partial charge in [0, 0.05) is 14.2 Å². The molecule has 6 heteroatoms. The zero-order valence-corrected chi connectivity index (χ0v) is 6.98. The highest BCUT2D eigenvalue weighted by Gasteiger charge is 2.39. The molecule has 0 bridgehead atoms. The number of amides is 2. The number of rotatable bonds is 3. The fraction of sp³-hybridized carbons (Fsp3) is 0.833. The maximum absolute atomic E-state index is 11.0. The van der Waals surface area contributed by atoms with Gasteiger partial charge in [0.05, 0.1) is 0 Å². The van der Waals surface area contributed by atoms with Crippen LogP contribution in [0.2, 0.25) is 0 Å². The molecule has 0 aromatic carbocycles. The number of methoxy groups -OCH3 is 2. The van der Waals surface area contributed by atoms with Crippen LogP contribution in [0, 0.1) is 0 Å². The first-order valence-corrected chi connectivity index (χ1v) is 3.48. The lowest BCUT2D eigenvalue weighted by Crippen LogP contribution is -2.39. The van der Waals surface area contributed by atoms with E-state index in [1.165, 1.54) is 14.2 Å². The summed E-state index contributed by atoms with van der Waals surface area (Å²) in [5, 5.41) is 11.3. The van der Waals surface area contributed by atoms with Gasteiger partial charge in [-0.2, -0.15) is 0 Å². The first-order chi connectivity index (χ1) is 5.74. The van der Waals surface area contributed by atoms with Gasteiger partial charge in [0.2, 0.25) is 0 Å². The molecule has 1 aliphatic heterocycles. The summed E-state index contributed by atoms with van der Waals surface area (Å²) in [6.45, 7) is -0.385. The summed E-state index contributed by atoms with van der Waals surface area (Å²) in [6, 6.07) is -0.392. The van der Waals surface area contributed by atoms with Gasteiger partial charge in [0.25, 0.3) is 0 Å². The summed E-state index contributed by atoms with van der Waals surface area (Å²) in [4.78, 5) is 12.2. The summed E-state index contributed by atoms with van der Waals surface area (Å²) < 4.78 is 9.85. The molecule has 0 unspecified atom stereocenters. The van der Waals surface area contributed by atoms with Crippen molar-refractivity contribution in [2.24, 2.45) is 0 Å². The Morgan fingerprint density at radius 1 is 1.58 bits per heavy atom. The Bertz CT molecular complexity index is 175. The van der Waals surface area contributed by atoms with Gasteiger partial charge >= 0.3 is 6.03 Å². The molecule has 0 aromatic rings. The molecule has 6 nitrogen and oxygen atoms in total. The molecule has 2 amide bonds. The smallest absolute Gasteiger partial charge is 0.323 e. The zero-order chi connectivity index (χ0) is 9.14. The highest BCUT2D eigenvalue weighted by Crippen LogP contribution is 2.13. The fourth-order valence-electron chi connectivity index (χ4n) is 1.13. The third-order valence-electron chi connectivity index (χ3n) is 1.74. The summed E-state index contributed by atoms with van der Waals surface area (Å²) >= 11 is 0. The van der Waals surface area contributed by atoms with E-state index in [4.69, 9.17) is 14.6 Å². The molecule has 0 spiro atoms. The lowest BCUT2D eigenvalue weighted by Gasteiger charge is -2.21. The second-order valence-electron chi connectivity index (χ2n) is 2.34. The highest BCUT2D eigenvalue weighted by molar-refractivity contribution is 5.76. The molecule has 1 saturated heterocycles. The van der Waals surface area contributed by atoms with E-state index in [-0.39, 0.29) is 6.73 Å². The van der Waals surface area contributed by atoms with Crippen LogP contribution in [0.3, 0.4) is 0 Å². The van der Waals surface area contributed by atoms with Crippen molar-refractivity contribution < 1.29 is 19.4 Å². The number of nitrogens with one attached hydrogen (secondary N) is 1. The zero-order valence-electron chi connectivity index (χ0n) is 6.98. The normalized spacial score (nSPS) is 29.2. The SMILES string of the molecule is CO[C@H]1NC(=O)N(CO)[C@@H]1OC. The Balaban J connectivity index is 2.68. The Labute approximate surface area is 70.1 Å². The molecule has 1 aliphatic rings. The molecular formula is C6H12N2O4. The third kappa shape index (κ3) is 1.36. The molecule has 0 aliphatic carbocycles. The predicted molar refractivity (Wildman–Crippen MR) is 39.1 cm³/mol. The van der Waals surface area contributed by atoms with Crippen LogP contribution in [0.1, 0.15) is 0 Å². The van der Waals surface area contributed by atoms with Crippen molar-refractivity contribution in [3.05, 3.63) is 0 Å². The molecule has 1 heterocycles. The van der Waals surface area contributed by atoms with Crippen LogP contribution >= 0.6 is 0 Å². The van der Waals surface area contributed by atoms with Crippen LogP contribution < -0.4 is 5.32 Å². The van der Waals surface area contributed by atoms with Crippen LogP contribution in [0.5, 0.6) is 0 Å². The van der Waals surface area contributed by atoms with Gasteiger partial charge in [0.1, 0.15) is 6.73 Å². The van der Waals surface area contributed by atoms with E-state index in [0.29, 0.717) is 0 Å². The maximum atomic E-state index is 11.0. The number of hydrogen-bond acceptors (Lipinski definition) is 4. The summed E-state index contributed by atoms with van der Waals surface area (Å²) in [5.74, 6) is 0. The maximum Gasteiger partial charge on any atom is 0.323 e. The van der Waals surface area contributed by atoms with Crippen molar-refractivity contribution in [2.45, 2.75) is 12.5 Å². The first-order valence-electron chi connectivity index (χ1n) is 3.48. The van der Waals surface area contributed by atoms with Gasteiger partial charge in [-0.3, -0.25) is 4.90 Å². The highest BCUT2D eigenvalue weighted by atomic mass is 16.6. The molecule has 0 saturated carbocycles. The van der Waals surface area contributed by atoms with Crippen molar-refractivity contribution in [2.75, 3.05) is 21.0 Å². The number of hydrogen-bond donors (Lipinski definition) is 2. The van der Waals surface area contributed by atoms with Crippen LogP contribution in [0.15, 0.2) is 0 Å². The molecule has 0 aromatic heterocycles. The van der Waals surface area contributed by atoms with Crippen LogP contribution in [0.25, 0.3) is 0 Å². The molecule has 12 heavy (non-hydrogen) atoms. The number of nitrogens with zero attached hydrogens (tertiary/aromatic N) is 1. The molecule has 2 N–H and O–H groups in total. The fourth-order valence-corrected chi connectivity index (χ4v) is 1.13. The number of aliphatic hydroxyl groups excluding tert-OH is 1. The van der Waals surface area contributed by atoms with Gasteiger partial charge < -0.3 is 19.9 Å². The average molecular weight is 176 g/mol. The number of carbonyl (C=O) groups is 1. The molecule has 1 rings (SSSR count). The summed E-state index contributed by atoms with van der Waals surface area (Å²) in [5.41, 5.74) is 0. The minimum atomic E-state index is -0.563. The van der Waals surface area contributed by atoms with E-state index < -0.39 is 18.5 Å². The minimum Gasteiger partial charge on any atom is -0.376 e. The molecule has 0 radical (unpaired) electrons. The quantitative estimate of drug-likeness (QED) is 0.573. The Morgan fingerprint density at radius 2 is 2.25 bits per heavy atom. The summed E-state index contributed by atoms with van der Waals surface area (Å²) in [6.07, 6.45) is -1.08. The van der Waals surface area contributed by atoms with Gasteiger partial charge in [-0.05, 0) is 0 Å². The van der Waals surface area contributed by atoms with Crippen LogP contribution in [-0.4, -0.2) is 49.4 Å². The van der Waals surface area contributed by atoms with E-state index in [2.05, 4.69) is 5.32 Å². The number of aliphatic hydroxyl groups is 1. The van der Waals surface area contributed by atoms with Gasteiger partial charge in [-0.15, -0.1) is 0 Å². The lowest BCUT2D eigenvalue weighted by atomic mass is 10.5. The van der Waals surface area contributed by atoms with E-state index in [0.717, 1.165) is 4.90 Å². The predicted octanol–water partition coefficient (Wildman–Crippen LogP) is -1.09. The topological polar surface area (TPSA) is 71.0 Å². The van der Waals surface area contributed by atoms with Crippen molar-refractivity contribution in [3.8, 4) is 0 Å². The second-order valence-corrected chi connectivity index (χ2v) is 2.34. The van der Waals surface area contributed by atoms with Crippen molar-refractivity contribution in [3.63, 3.8) is 0 Å². The first kappa shape index (κ1) is 9.24. The Morgan fingerprint density at radius 3 is 2.67 bits per heavy atom. The Kier molecular flexibility index (Phi) is 2.85. The summed E-state index contributed by atoms with van der Waals surface area (Å²) in [7, 11) is 2.90. The van der Waals surface area contributed by atoms with Crippen LogP contribution in [0.4, 0.5) is 4.79 Å². The monoisotopic (exact) mass is 176 g/mol. The van der Waals surface area contributed by atoms with Crippen LogP contribution in [-0.2, 0) is 9.47 Å². The van der Waals surface area contributed by atoms with Gasteiger partial charge in [-0.25, -0.2) is 4.79 Å². The van der Waals surface area contributed by atoms with Gasteiger partial charge in [0.15, 0.2) is 12.5 Å². The molecule has 1 fully saturated rings. The average Bonchev–Trinajstić information content (AvgIpc) is 2.40. The van der Waals surface area contributed by atoms with Crippen molar-refractivity contribution in [1.82, 2.24) is 10.2 Å². The van der Waals surface area contributed by atoms with Crippen molar-refractivity contribution >= 4 is 6.03 Å². The molecule has 2 atom stereocenters. The van der Waals surface area contributed by atoms with Gasteiger partial charge in [-0.1, -0.05) is 0 Å². The standard InChI is InChI=1S/C6H12N2O4/c1-11-4-5(12-2)8(3-9)6(10)7-4/h4-5,9H,3H2,1-2H3,(H,7,10)/t4-,5-/m1/s1. The molecule has 70 valence electrons. The Hall–Kier alpha value is -0.850. The molecular weight excluding hydrogens is 164 g/mol. The minimum absolute atomic E-state index is 0.385.